The molecule has 0 radical (unpaired) electrons. The van der Waals surface area contributed by atoms with Crippen molar-refractivity contribution in [2.24, 2.45) is 0 Å². The Kier molecular flexibility index (Phi) is 8.44. The molecule has 3 atom stereocenters. The van der Waals surface area contributed by atoms with E-state index in [4.69, 9.17) is 9.47 Å². The van der Waals surface area contributed by atoms with Gasteiger partial charge in [-0.3, -0.25) is 0 Å². The van der Waals surface area contributed by atoms with Crippen molar-refractivity contribution in [3.63, 3.8) is 0 Å². The fourth-order valence-electron chi connectivity index (χ4n) is 3.51. The minimum Gasteiger partial charge on any atom is -0.385 e. The van der Waals surface area contributed by atoms with Crippen LogP contribution in [-0.2, 0) is 15.9 Å². The quantitative estimate of drug-likeness (QED) is 0.469. The van der Waals surface area contributed by atoms with Crippen LogP contribution in [0.15, 0.2) is 91.0 Å². The highest BCUT2D eigenvalue weighted by molar-refractivity contribution is 5.25. The monoisotopic (exact) mass is 390 g/mol. The minimum atomic E-state index is -0.736. The van der Waals surface area contributed by atoms with Crippen LogP contribution >= 0.6 is 0 Å². The minimum absolute atomic E-state index is 0.0151. The lowest BCUT2D eigenvalue weighted by atomic mass is 9.97. The normalized spacial score (nSPS) is 14.3. The summed E-state index contributed by atoms with van der Waals surface area (Å²) in [4.78, 5) is 0. The zero-order valence-electron chi connectivity index (χ0n) is 17.0. The molecule has 1 unspecified atom stereocenters. The molecule has 0 aliphatic rings. The van der Waals surface area contributed by atoms with E-state index in [1.54, 1.807) is 7.11 Å². The molecule has 0 aliphatic heterocycles. The molecule has 0 spiro atoms. The smallest absolute Gasteiger partial charge is 0.113 e. The predicted molar refractivity (Wildman–Crippen MR) is 117 cm³/mol. The fourth-order valence-corrected chi connectivity index (χ4v) is 3.51. The molecule has 0 saturated heterocycles. The van der Waals surface area contributed by atoms with Crippen molar-refractivity contribution >= 4 is 0 Å². The van der Waals surface area contributed by atoms with Crippen molar-refractivity contribution in [1.29, 1.82) is 0 Å². The predicted octanol–water partition coefficient (Wildman–Crippen LogP) is 5.52. The van der Waals surface area contributed by atoms with Gasteiger partial charge < -0.3 is 14.6 Å². The third-order valence-corrected chi connectivity index (χ3v) is 5.14. The molecule has 3 heteroatoms. The van der Waals surface area contributed by atoms with Gasteiger partial charge in [0.05, 0.1) is 6.10 Å². The molecule has 0 amide bonds. The van der Waals surface area contributed by atoms with Gasteiger partial charge in [0.1, 0.15) is 12.2 Å². The van der Waals surface area contributed by atoms with E-state index in [0.717, 1.165) is 30.4 Å². The SMILES string of the molecule is COCCC(CCc1ccccc1)O[C@H](c1ccccc1)[C@H](O)c1ccccc1. The number of hydrogen-bond acceptors (Lipinski definition) is 3. The summed E-state index contributed by atoms with van der Waals surface area (Å²) >= 11 is 0. The summed E-state index contributed by atoms with van der Waals surface area (Å²) in [6, 6.07) is 30.1. The second-order valence-corrected chi connectivity index (χ2v) is 7.25. The Balaban J connectivity index is 1.78. The van der Waals surface area contributed by atoms with Crippen LogP contribution in [0.25, 0.3) is 0 Å². The first-order chi connectivity index (χ1) is 14.3. The highest BCUT2D eigenvalue weighted by Gasteiger charge is 2.26. The van der Waals surface area contributed by atoms with Crippen molar-refractivity contribution in [3.8, 4) is 0 Å². The molecular weight excluding hydrogens is 360 g/mol. The Morgan fingerprint density at radius 2 is 1.28 bits per heavy atom. The average molecular weight is 391 g/mol. The Morgan fingerprint density at radius 3 is 1.86 bits per heavy atom. The van der Waals surface area contributed by atoms with Crippen molar-refractivity contribution in [1.82, 2.24) is 0 Å². The lowest BCUT2D eigenvalue weighted by Gasteiger charge is -2.29. The number of ether oxygens (including phenoxy) is 2. The maximum Gasteiger partial charge on any atom is 0.113 e. The summed E-state index contributed by atoms with van der Waals surface area (Å²) in [5.74, 6) is 0. The number of benzene rings is 3. The van der Waals surface area contributed by atoms with E-state index in [1.807, 2.05) is 66.7 Å². The Hall–Kier alpha value is -2.46. The summed E-state index contributed by atoms with van der Waals surface area (Å²) in [5, 5.41) is 11.1. The van der Waals surface area contributed by atoms with Crippen LogP contribution < -0.4 is 0 Å². The molecule has 3 aromatic carbocycles. The Bertz CT molecular complexity index is 805. The van der Waals surface area contributed by atoms with Gasteiger partial charge in [-0.1, -0.05) is 91.0 Å². The molecule has 29 heavy (non-hydrogen) atoms. The number of methoxy groups -OCH3 is 1. The largest absolute Gasteiger partial charge is 0.385 e. The van der Waals surface area contributed by atoms with Crippen molar-refractivity contribution in [2.75, 3.05) is 13.7 Å². The van der Waals surface area contributed by atoms with E-state index in [-0.39, 0.29) is 6.10 Å². The van der Waals surface area contributed by atoms with E-state index < -0.39 is 12.2 Å². The van der Waals surface area contributed by atoms with Gasteiger partial charge >= 0.3 is 0 Å². The molecule has 3 aromatic rings. The second kappa shape index (κ2) is 11.5. The number of rotatable bonds is 11. The topological polar surface area (TPSA) is 38.7 Å². The zero-order chi connectivity index (χ0) is 20.3. The van der Waals surface area contributed by atoms with Crippen molar-refractivity contribution in [2.45, 2.75) is 37.6 Å². The summed E-state index contributed by atoms with van der Waals surface area (Å²) in [6.07, 6.45) is 1.40. The van der Waals surface area contributed by atoms with E-state index >= 15 is 0 Å². The first kappa shape index (κ1) is 21.3. The lowest BCUT2D eigenvalue weighted by Crippen LogP contribution is -2.24. The summed E-state index contributed by atoms with van der Waals surface area (Å²) in [5.41, 5.74) is 3.12. The molecule has 3 rings (SSSR count). The molecule has 0 aliphatic carbocycles. The molecule has 0 aromatic heterocycles. The Labute approximate surface area is 173 Å². The average Bonchev–Trinajstić information content (AvgIpc) is 2.80. The van der Waals surface area contributed by atoms with E-state index in [2.05, 4.69) is 24.3 Å². The molecular formula is C26H30O3. The van der Waals surface area contributed by atoms with Gasteiger partial charge in [0, 0.05) is 13.7 Å². The molecule has 152 valence electrons. The van der Waals surface area contributed by atoms with Gasteiger partial charge in [0.15, 0.2) is 0 Å². The third-order valence-electron chi connectivity index (χ3n) is 5.14. The first-order valence-electron chi connectivity index (χ1n) is 10.2. The third kappa shape index (κ3) is 6.53. The number of aliphatic hydroxyl groups excluding tert-OH is 1. The molecule has 0 fully saturated rings. The standard InChI is InChI=1S/C26H30O3/c1-28-20-19-24(18-17-21-11-5-2-6-12-21)29-26(23-15-9-4-10-16-23)25(27)22-13-7-3-8-14-22/h2-16,24-27H,17-20H2,1H3/t24?,25-,26-/m1/s1. The van der Waals surface area contributed by atoms with Gasteiger partial charge in [0.2, 0.25) is 0 Å². The number of hydrogen-bond donors (Lipinski definition) is 1. The van der Waals surface area contributed by atoms with E-state index in [1.165, 1.54) is 5.56 Å². The molecule has 3 nitrogen and oxygen atoms in total. The lowest BCUT2D eigenvalue weighted by molar-refractivity contribution is -0.0905. The summed E-state index contributed by atoms with van der Waals surface area (Å²) in [6.45, 7) is 0.627. The molecule has 0 saturated carbocycles. The van der Waals surface area contributed by atoms with Gasteiger partial charge in [-0.25, -0.2) is 0 Å². The first-order valence-corrected chi connectivity index (χ1v) is 10.2. The van der Waals surface area contributed by atoms with Crippen molar-refractivity contribution in [3.05, 3.63) is 108 Å². The summed E-state index contributed by atoms with van der Waals surface area (Å²) in [7, 11) is 1.71. The maximum atomic E-state index is 11.1. The van der Waals surface area contributed by atoms with Gasteiger partial charge in [-0.15, -0.1) is 0 Å². The molecule has 0 bridgehead atoms. The highest BCUT2D eigenvalue weighted by atomic mass is 16.5. The van der Waals surface area contributed by atoms with Crippen molar-refractivity contribution < 1.29 is 14.6 Å². The van der Waals surface area contributed by atoms with E-state index in [0.29, 0.717) is 6.61 Å². The van der Waals surface area contributed by atoms with Crippen LogP contribution in [0.2, 0.25) is 0 Å². The van der Waals surface area contributed by atoms with Gasteiger partial charge in [-0.2, -0.15) is 0 Å². The molecule has 0 heterocycles. The number of aryl methyl sites for hydroxylation is 1. The maximum absolute atomic E-state index is 11.1. The zero-order valence-corrected chi connectivity index (χ0v) is 17.0. The summed E-state index contributed by atoms with van der Waals surface area (Å²) < 4.78 is 11.9. The highest BCUT2D eigenvalue weighted by Crippen LogP contribution is 2.34. The van der Waals surface area contributed by atoms with E-state index in [9.17, 15) is 5.11 Å². The number of aliphatic hydroxyl groups is 1. The van der Waals surface area contributed by atoms with Crippen LogP contribution in [0, 0.1) is 0 Å². The van der Waals surface area contributed by atoms with Crippen LogP contribution in [0.5, 0.6) is 0 Å². The van der Waals surface area contributed by atoms with Gasteiger partial charge in [-0.05, 0) is 36.0 Å². The second-order valence-electron chi connectivity index (χ2n) is 7.25. The molecule has 1 N–H and O–H groups in total. The van der Waals surface area contributed by atoms with Gasteiger partial charge in [0.25, 0.3) is 0 Å². The van der Waals surface area contributed by atoms with Crippen LogP contribution in [0.1, 0.15) is 41.7 Å². The fraction of sp³-hybridized carbons (Fsp3) is 0.308. The van der Waals surface area contributed by atoms with Crippen LogP contribution in [-0.4, -0.2) is 24.9 Å². The Morgan fingerprint density at radius 1 is 0.724 bits per heavy atom. The van der Waals surface area contributed by atoms with Crippen LogP contribution in [0.4, 0.5) is 0 Å². The van der Waals surface area contributed by atoms with Crippen LogP contribution in [0.3, 0.4) is 0 Å².